The first-order valence-corrected chi connectivity index (χ1v) is 15.5. The highest BCUT2D eigenvalue weighted by atomic mass is 19.1. The van der Waals surface area contributed by atoms with Crippen molar-refractivity contribution in [3.63, 3.8) is 0 Å². The van der Waals surface area contributed by atoms with Crippen LogP contribution in [0.25, 0.3) is 0 Å². The molecule has 3 rings (SSSR count). The van der Waals surface area contributed by atoms with Crippen LogP contribution < -0.4 is 0 Å². The second kappa shape index (κ2) is 16.8. The van der Waals surface area contributed by atoms with Crippen LogP contribution >= 0.6 is 0 Å². The molecule has 7 heteroatoms. The Morgan fingerprint density at radius 3 is 1.90 bits per heavy atom. The van der Waals surface area contributed by atoms with E-state index in [4.69, 9.17) is 19.7 Å². The van der Waals surface area contributed by atoms with Crippen LogP contribution in [-0.4, -0.2) is 48.6 Å². The van der Waals surface area contributed by atoms with E-state index in [9.17, 15) is 9.59 Å². The molecule has 0 radical (unpaired) electrons. The zero-order chi connectivity index (χ0) is 29.8. The van der Waals surface area contributed by atoms with Crippen LogP contribution in [0, 0.1) is 23.6 Å². The highest BCUT2D eigenvalue weighted by molar-refractivity contribution is 5.88. The molecule has 2 saturated carbocycles. The Balaban J connectivity index is 1.58. The minimum Gasteiger partial charge on any atom is -0.461 e. The predicted molar refractivity (Wildman–Crippen MR) is 158 cm³/mol. The SMILES string of the molecule is C=C(CO)C(=O)OCC(COC(=O)C(=C)CO)c1ccc(C2CCC(C3CCC(CCCCC)CC3)CC2)cc1F. The Bertz CT molecular complexity index is 988. The molecule has 41 heavy (non-hydrogen) atoms. The first kappa shape index (κ1) is 33.0. The number of aliphatic hydroxyl groups is 2. The van der Waals surface area contributed by atoms with Crippen LogP contribution in [0.2, 0.25) is 0 Å². The van der Waals surface area contributed by atoms with Crippen molar-refractivity contribution in [2.75, 3.05) is 26.4 Å². The average molecular weight is 573 g/mol. The molecule has 0 aliphatic heterocycles. The van der Waals surface area contributed by atoms with Crippen molar-refractivity contribution < 1.29 is 33.7 Å². The van der Waals surface area contributed by atoms with Gasteiger partial charge in [-0.25, -0.2) is 14.0 Å². The largest absolute Gasteiger partial charge is 0.461 e. The maximum atomic E-state index is 15.5. The lowest BCUT2D eigenvalue weighted by Gasteiger charge is -2.38. The van der Waals surface area contributed by atoms with Gasteiger partial charge >= 0.3 is 11.9 Å². The first-order valence-electron chi connectivity index (χ1n) is 15.5. The van der Waals surface area contributed by atoms with Gasteiger partial charge < -0.3 is 19.7 Å². The van der Waals surface area contributed by atoms with E-state index in [0.717, 1.165) is 36.2 Å². The lowest BCUT2D eigenvalue weighted by Crippen LogP contribution is -2.25. The summed E-state index contributed by atoms with van der Waals surface area (Å²) in [5.41, 5.74) is 0.990. The molecular formula is C34H49FO6. The summed E-state index contributed by atoms with van der Waals surface area (Å²) in [5.74, 6) is 0.0386. The molecule has 0 aromatic heterocycles. The molecule has 0 amide bonds. The van der Waals surface area contributed by atoms with Crippen LogP contribution in [0.5, 0.6) is 0 Å². The summed E-state index contributed by atoms with van der Waals surface area (Å²) < 4.78 is 25.9. The number of carbonyl (C=O) groups is 2. The second-order valence-electron chi connectivity index (χ2n) is 12.1. The monoisotopic (exact) mass is 572 g/mol. The fourth-order valence-corrected chi connectivity index (χ4v) is 6.60. The molecule has 228 valence electrons. The van der Waals surface area contributed by atoms with E-state index in [1.807, 2.05) is 6.07 Å². The summed E-state index contributed by atoms with van der Waals surface area (Å²) in [7, 11) is 0. The average Bonchev–Trinajstić information content (AvgIpc) is 3.00. The topological polar surface area (TPSA) is 93.1 Å². The molecule has 2 fully saturated rings. The molecule has 2 N–H and O–H groups in total. The van der Waals surface area contributed by atoms with Crippen molar-refractivity contribution in [3.05, 3.63) is 59.4 Å². The number of aliphatic hydroxyl groups excluding tert-OH is 2. The van der Waals surface area contributed by atoms with Crippen molar-refractivity contribution in [1.29, 1.82) is 0 Å². The maximum Gasteiger partial charge on any atom is 0.335 e. The second-order valence-corrected chi connectivity index (χ2v) is 12.1. The lowest BCUT2D eigenvalue weighted by atomic mass is 9.68. The quantitative estimate of drug-likeness (QED) is 0.137. The first-order chi connectivity index (χ1) is 19.8. The Hall–Kier alpha value is -2.51. The zero-order valence-electron chi connectivity index (χ0n) is 24.8. The Kier molecular flexibility index (Phi) is 13.5. The van der Waals surface area contributed by atoms with Crippen LogP contribution in [0.3, 0.4) is 0 Å². The van der Waals surface area contributed by atoms with E-state index >= 15 is 4.39 Å². The van der Waals surface area contributed by atoms with Gasteiger partial charge in [-0.3, -0.25) is 0 Å². The number of rotatable bonds is 15. The van der Waals surface area contributed by atoms with Gasteiger partial charge in [-0.1, -0.05) is 70.7 Å². The number of ether oxygens (including phenoxy) is 2. The number of halogens is 1. The van der Waals surface area contributed by atoms with Gasteiger partial charge in [0, 0.05) is 0 Å². The molecule has 0 bridgehead atoms. The van der Waals surface area contributed by atoms with E-state index < -0.39 is 36.9 Å². The van der Waals surface area contributed by atoms with Gasteiger partial charge in [0.1, 0.15) is 19.0 Å². The van der Waals surface area contributed by atoms with Crippen LogP contribution in [0.1, 0.15) is 107 Å². The third-order valence-corrected chi connectivity index (χ3v) is 9.27. The Morgan fingerprint density at radius 2 is 1.41 bits per heavy atom. The van der Waals surface area contributed by atoms with Gasteiger partial charge in [-0.15, -0.1) is 0 Å². The highest BCUT2D eigenvalue weighted by Gasteiger charge is 2.32. The number of esters is 2. The Labute approximate surface area is 245 Å². The molecule has 0 spiro atoms. The van der Waals surface area contributed by atoms with Crippen molar-refractivity contribution >= 4 is 11.9 Å². The van der Waals surface area contributed by atoms with Crippen LogP contribution in [0.4, 0.5) is 4.39 Å². The summed E-state index contributed by atoms with van der Waals surface area (Å²) in [5, 5.41) is 18.2. The Morgan fingerprint density at radius 1 is 0.878 bits per heavy atom. The molecule has 0 heterocycles. The zero-order valence-corrected chi connectivity index (χ0v) is 24.8. The third kappa shape index (κ3) is 9.78. The van der Waals surface area contributed by atoms with Gasteiger partial charge in [0.05, 0.1) is 30.3 Å². The molecule has 6 nitrogen and oxygen atoms in total. The number of carbonyl (C=O) groups excluding carboxylic acids is 2. The standard InChI is InChI=1S/C34H49FO6/c1-4-5-6-7-25-8-10-26(11-9-25)27-12-14-28(15-13-27)29-16-17-31(32(35)18-29)30(21-40-33(38)23(2)19-36)22-41-34(39)24(3)20-37/h16-18,25-28,30,36-37H,2-15,19-22H2,1H3. The summed E-state index contributed by atoms with van der Waals surface area (Å²) in [4.78, 5) is 24.1. The highest BCUT2D eigenvalue weighted by Crippen LogP contribution is 2.45. The van der Waals surface area contributed by atoms with E-state index in [2.05, 4.69) is 20.1 Å². The number of hydrogen-bond acceptors (Lipinski definition) is 6. The van der Waals surface area contributed by atoms with Gasteiger partial charge in [-0.2, -0.15) is 0 Å². The van der Waals surface area contributed by atoms with Crippen molar-refractivity contribution in [2.24, 2.45) is 17.8 Å². The van der Waals surface area contributed by atoms with Crippen LogP contribution in [-0.2, 0) is 19.1 Å². The molecule has 2 aliphatic rings. The molecular weight excluding hydrogens is 523 g/mol. The smallest absolute Gasteiger partial charge is 0.335 e. The minimum atomic E-state index is -0.803. The van der Waals surface area contributed by atoms with Gasteiger partial charge in [0.15, 0.2) is 0 Å². The lowest BCUT2D eigenvalue weighted by molar-refractivity contribution is -0.143. The van der Waals surface area contributed by atoms with Gasteiger partial charge in [-0.05, 0) is 79.4 Å². The predicted octanol–water partition coefficient (Wildman–Crippen LogP) is 6.75. The van der Waals surface area contributed by atoms with Gasteiger partial charge in [0.25, 0.3) is 0 Å². The van der Waals surface area contributed by atoms with E-state index in [-0.39, 0.29) is 29.9 Å². The molecule has 0 saturated heterocycles. The third-order valence-electron chi connectivity index (χ3n) is 9.27. The van der Waals surface area contributed by atoms with Gasteiger partial charge in [0.2, 0.25) is 0 Å². The molecule has 0 unspecified atom stereocenters. The van der Waals surface area contributed by atoms with Crippen molar-refractivity contribution in [3.8, 4) is 0 Å². The normalized spacial score (nSPS) is 22.8. The van der Waals surface area contributed by atoms with Crippen LogP contribution in [0.15, 0.2) is 42.5 Å². The fraction of sp³-hybridized carbons (Fsp3) is 0.647. The number of benzene rings is 1. The van der Waals surface area contributed by atoms with E-state index in [1.165, 1.54) is 64.2 Å². The summed E-state index contributed by atoms with van der Waals surface area (Å²) >= 11 is 0. The minimum absolute atomic E-state index is 0.124. The summed E-state index contributed by atoms with van der Waals surface area (Å²) in [6.07, 6.45) is 15.4. The molecule has 0 atom stereocenters. The number of hydrogen-bond donors (Lipinski definition) is 2. The summed E-state index contributed by atoms with van der Waals surface area (Å²) in [6, 6.07) is 5.18. The van der Waals surface area contributed by atoms with Crippen molar-refractivity contribution in [2.45, 2.75) is 95.8 Å². The maximum absolute atomic E-state index is 15.5. The molecule has 2 aliphatic carbocycles. The number of unbranched alkanes of at least 4 members (excludes halogenated alkanes) is 2. The summed E-state index contributed by atoms with van der Waals surface area (Å²) in [6.45, 7) is 7.51. The van der Waals surface area contributed by atoms with E-state index in [1.54, 1.807) is 12.1 Å². The molecule has 1 aromatic carbocycles. The van der Waals surface area contributed by atoms with Crippen molar-refractivity contribution in [1.82, 2.24) is 0 Å². The van der Waals surface area contributed by atoms with E-state index in [0.29, 0.717) is 5.92 Å². The molecule has 1 aromatic rings. The fourth-order valence-electron chi connectivity index (χ4n) is 6.60.